The molecule has 0 fully saturated rings. The third-order valence-electron chi connectivity index (χ3n) is 4.41. The van der Waals surface area contributed by atoms with Crippen LogP contribution in [-0.4, -0.2) is 39.3 Å². The first-order chi connectivity index (χ1) is 15.7. The molecule has 0 saturated heterocycles. The molecule has 0 heterocycles. The molecule has 0 saturated carbocycles. The van der Waals surface area contributed by atoms with E-state index in [4.69, 9.17) is 16.3 Å². The molecule has 0 spiro atoms. The topological polar surface area (TPSA) is 108 Å². The Morgan fingerprint density at radius 2 is 1.85 bits per heavy atom. The summed E-state index contributed by atoms with van der Waals surface area (Å²) in [6, 6.07) is 17.0. The molecule has 3 aromatic rings. The van der Waals surface area contributed by atoms with E-state index >= 15 is 0 Å². The van der Waals surface area contributed by atoms with Gasteiger partial charge in [0.25, 0.3) is 15.9 Å². The summed E-state index contributed by atoms with van der Waals surface area (Å²) < 4.78 is 32.9. The van der Waals surface area contributed by atoms with Crippen LogP contribution in [0.15, 0.2) is 81.2 Å². The number of halogens is 2. The Morgan fingerprint density at radius 1 is 1.18 bits per heavy atom. The van der Waals surface area contributed by atoms with Crippen molar-refractivity contribution in [2.45, 2.75) is 4.90 Å². The van der Waals surface area contributed by atoms with Gasteiger partial charge in [-0.25, -0.2) is 13.8 Å². The fraction of sp³-hybridized carbons (Fsp3) is 0.0909. The summed E-state index contributed by atoms with van der Waals surface area (Å²) in [5, 5.41) is 14.2. The summed E-state index contributed by atoms with van der Waals surface area (Å²) in [6.45, 7) is -0.515. The molecule has 11 heteroatoms. The number of hydrogen-bond acceptors (Lipinski definition) is 6. The van der Waals surface area contributed by atoms with Crippen LogP contribution in [0.4, 0.5) is 5.69 Å². The maximum absolute atomic E-state index is 13.2. The molecule has 0 bridgehead atoms. The van der Waals surface area contributed by atoms with Gasteiger partial charge < -0.3 is 9.84 Å². The van der Waals surface area contributed by atoms with Gasteiger partial charge in [-0.1, -0.05) is 29.8 Å². The van der Waals surface area contributed by atoms with Crippen LogP contribution < -0.4 is 14.5 Å². The van der Waals surface area contributed by atoms with Gasteiger partial charge in [-0.15, -0.1) is 0 Å². The molecule has 1 amide bonds. The Morgan fingerprint density at radius 3 is 2.48 bits per heavy atom. The molecule has 3 rings (SSSR count). The van der Waals surface area contributed by atoms with Crippen molar-refractivity contribution in [2.24, 2.45) is 5.10 Å². The molecule has 0 aliphatic heterocycles. The predicted molar refractivity (Wildman–Crippen MR) is 131 cm³/mol. The Bertz CT molecular complexity index is 1270. The zero-order valence-electron chi connectivity index (χ0n) is 17.3. The minimum absolute atomic E-state index is 0.0392. The molecule has 0 radical (unpaired) electrons. The van der Waals surface area contributed by atoms with Crippen LogP contribution in [0.2, 0.25) is 5.02 Å². The number of hydrogen-bond donors (Lipinski definition) is 2. The second kappa shape index (κ2) is 10.7. The summed E-state index contributed by atoms with van der Waals surface area (Å²) >= 11 is 9.13. The number of methoxy groups -OCH3 is 1. The molecule has 0 aliphatic carbocycles. The first kappa shape index (κ1) is 24.6. The zero-order chi connectivity index (χ0) is 24.0. The number of nitrogens with zero attached hydrogens (tertiary/aromatic N) is 2. The second-order valence-electron chi connectivity index (χ2n) is 6.65. The number of rotatable bonds is 8. The van der Waals surface area contributed by atoms with Gasteiger partial charge in [-0.05, 0) is 70.0 Å². The molecule has 8 nitrogen and oxygen atoms in total. The van der Waals surface area contributed by atoms with Gasteiger partial charge in [-0.3, -0.25) is 9.10 Å². The second-order valence-corrected chi connectivity index (χ2v) is 9.80. The molecule has 2 N–H and O–H groups in total. The monoisotopic (exact) mass is 551 g/mol. The third kappa shape index (κ3) is 6.04. The first-order valence-electron chi connectivity index (χ1n) is 9.44. The summed E-state index contributed by atoms with van der Waals surface area (Å²) in [6.07, 6.45) is 1.34. The third-order valence-corrected chi connectivity index (χ3v) is 7.05. The van der Waals surface area contributed by atoms with E-state index in [0.717, 1.165) is 4.31 Å². The highest BCUT2D eigenvalue weighted by Gasteiger charge is 2.27. The van der Waals surface area contributed by atoms with E-state index in [1.165, 1.54) is 55.8 Å². The number of phenols is 1. The highest BCUT2D eigenvalue weighted by atomic mass is 79.9. The van der Waals surface area contributed by atoms with Crippen LogP contribution >= 0.6 is 27.5 Å². The number of ether oxygens (including phenoxy) is 1. The number of carbonyl (C=O) groups excluding carboxylic acids is 1. The standard InChI is InChI=1S/C22H19BrClN3O5S/c1-32-20-12-15(11-19(23)22(20)29)13-25-26-21(28)14-27(17-9-7-16(24)8-10-17)33(30,31)18-5-3-2-4-6-18/h2-13,29H,14H2,1H3,(H,26,28)/b25-13-. The van der Waals surface area contributed by atoms with Crippen molar-refractivity contribution in [1.29, 1.82) is 0 Å². The van der Waals surface area contributed by atoms with Crippen molar-refractivity contribution in [2.75, 3.05) is 18.0 Å². The number of amides is 1. The lowest BCUT2D eigenvalue weighted by Crippen LogP contribution is -2.39. The van der Waals surface area contributed by atoms with Crippen LogP contribution in [0.25, 0.3) is 0 Å². The van der Waals surface area contributed by atoms with E-state index in [-0.39, 0.29) is 22.1 Å². The van der Waals surface area contributed by atoms with Gasteiger partial charge in [0.05, 0.1) is 28.4 Å². The highest BCUT2D eigenvalue weighted by Crippen LogP contribution is 2.34. The Kier molecular flexibility index (Phi) is 7.96. The minimum Gasteiger partial charge on any atom is -0.503 e. The summed E-state index contributed by atoms with van der Waals surface area (Å²) in [7, 11) is -2.63. The number of sulfonamides is 1. The first-order valence-corrected chi connectivity index (χ1v) is 12.0. The number of phenolic OH excluding ortho intramolecular Hbond substituents is 1. The molecule has 0 unspecified atom stereocenters. The Balaban J connectivity index is 1.82. The lowest BCUT2D eigenvalue weighted by molar-refractivity contribution is -0.119. The highest BCUT2D eigenvalue weighted by molar-refractivity contribution is 9.10. The number of nitrogens with one attached hydrogen (secondary N) is 1. The molecular weight excluding hydrogens is 534 g/mol. The van der Waals surface area contributed by atoms with Crippen molar-refractivity contribution in [1.82, 2.24) is 5.43 Å². The lowest BCUT2D eigenvalue weighted by Gasteiger charge is -2.23. The predicted octanol–water partition coefficient (Wildman–Crippen LogP) is 4.16. The van der Waals surface area contributed by atoms with Crippen LogP contribution in [-0.2, 0) is 14.8 Å². The van der Waals surface area contributed by atoms with Gasteiger partial charge in [0.15, 0.2) is 11.5 Å². The fourth-order valence-corrected chi connectivity index (χ4v) is 4.84. The number of aromatic hydroxyl groups is 1. The van der Waals surface area contributed by atoms with Crippen molar-refractivity contribution < 1.29 is 23.1 Å². The van der Waals surface area contributed by atoms with Crippen molar-refractivity contribution in [3.63, 3.8) is 0 Å². The van der Waals surface area contributed by atoms with Gasteiger partial charge >= 0.3 is 0 Å². The molecule has 33 heavy (non-hydrogen) atoms. The molecule has 3 aromatic carbocycles. The Hall–Kier alpha value is -3.08. The zero-order valence-corrected chi connectivity index (χ0v) is 20.4. The average Bonchev–Trinajstić information content (AvgIpc) is 2.81. The maximum atomic E-state index is 13.2. The van der Waals surface area contributed by atoms with Gasteiger partial charge in [0, 0.05) is 5.02 Å². The largest absolute Gasteiger partial charge is 0.503 e. The van der Waals surface area contributed by atoms with Crippen LogP contribution in [0, 0.1) is 0 Å². The molecule has 0 aliphatic rings. The summed E-state index contributed by atoms with van der Waals surface area (Å²) in [5.41, 5.74) is 3.12. The van der Waals surface area contributed by atoms with Crippen molar-refractivity contribution in [3.05, 3.63) is 81.8 Å². The smallest absolute Gasteiger partial charge is 0.264 e. The fourth-order valence-electron chi connectivity index (χ4n) is 2.81. The minimum atomic E-state index is -4.03. The summed E-state index contributed by atoms with van der Waals surface area (Å²) in [4.78, 5) is 12.6. The van der Waals surface area contributed by atoms with E-state index in [0.29, 0.717) is 15.1 Å². The van der Waals surface area contributed by atoms with Crippen molar-refractivity contribution >= 4 is 55.4 Å². The number of benzene rings is 3. The van der Waals surface area contributed by atoms with Gasteiger partial charge in [0.2, 0.25) is 0 Å². The number of carbonyl (C=O) groups is 1. The SMILES string of the molecule is COc1cc(/C=N\NC(=O)CN(c2ccc(Cl)cc2)S(=O)(=O)c2ccccc2)cc(Br)c1O. The molecule has 0 atom stereocenters. The quantitative estimate of drug-likeness (QED) is 0.322. The van der Waals surface area contributed by atoms with Crippen LogP contribution in [0.1, 0.15) is 5.56 Å². The number of anilines is 1. The van der Waals surface area contributed by atoms with Crippen LogP contribution in [0.5, 0.6) is 11.5 Å². The van der Waals surface area contributed by atoms with E-state index in [1.54, 1.807) is 24.3 Å². The summed E-state index contributed by atoms with van der Waals surface area (Å²) in [5.74, 6) is -0.506. The molecule has 0 aromatic heterocycles. The van der Waals surface area contributed by atoms with E-state index in [1.807, 2.05) is 0 Å². The van der Waals surface area contributed by atoms with E-state index in [9.17, 15) is 18.3 Å². The van der Waals surface area contributed by atoms with E-state index < -0.39 is 22.5 Å². The van der Waals surface area contributed by atoms with Gasteiger partial charge in [0.1, 0.15) is 6.54 Å². The van der Waals surface area contributed by atoms with E-state index in [2.05, 4.69) is 26.5 Å². The van der Waals surface area contributed by atoms with Gasteiger partial charge in [-0.2, -0.15) is 5.10 Å². The molecular formula is C22H19BrClN3O5S. The van der Waals surface area contributed by atoms with Crippen LogP contribution in [0.3, 0.4) is 0 Å². The molecule has 172 valence electrons. The normalized spacial score (nSPS) is 11.4. The Labute approximate surface area is 204 Å². The maximum Gasteiger partial charge on any atom is 0.264 e. The average molecular weight is 553 g/mol. The van der Waals surface area contributed by atoms with Crippen molar-refractivity contribution in [3.8, 4) is 11.5 Å². The number of hydrazone groups is 1. The lowest BCUT2D eigenvalue weighted by atomic mass is 10.2.